The van der Waals surface area contributed by atoms with E-state index in [-0.39, 0.29) is 5.76 Å². The minimum absolute atomic E-state index is 0.0352. The average molecular weight is 460 g/mol. The van der Waals surface area contributed by atoms with Gasteiger partial charge in [-0.25, -0.2) is 0 Å². The van der Waals surface area contributed by atoms with Crippen LogP contribution in [-0.2, 0) is 0 Å². The second-order valence-corrected chi connectivity index (χ2v) is 9.04. The molecule has 0 radical (unpaired) electrons. The van der Waals surface area contributed by atoms with Gasteiger partial charge < -0.3 is 23.8 Å². The quantitative estimate of drug-likeness (QED) is 0.532. The molecule has 0 aliphatic carbocycles. The van der Waals surface area contributed by atoms with Crippen molar-refractivity contribution in [3.05, 3.63) is 46.3 Å². The average Bonchev–Trinajstić information content (AvgIpc) is 3.23. The molecule has 1 saturated heterocycles. The number of carbonyl (C=O) groups excluding carboxylic acids is 1. The Labute approximate surface area is 185 Å². The van der Waals surface area contributed by atoms with Crippen LogP contribution in [0.5, 0.6) is 5.88 Å². The van der Waals surface area contributed by atoms with Crippen molar-refractivity contribution in [2.75, 3.05) is 31.3 Å². The topological polar surface area (TPSA) is 131 Å². The summed E-state index contributed by atoms with van der Waals surface area (Å²) in [6.07, 6.45) is 4.30. The number of carbonyl (C=O) groups is 1. The van der Waals surface area contributed by atoms with E-state index in [1.807, 2.05) is 4.90 Å². The lowest BCUT2D eigenvalue weighted by Gasteiger charge is -2.33. The van der Waals surface area contributed by atoms with E-state index in [0.29, 0.717) is 53.4 Å². The molecule has 3 aromatic rings. The Kier molecular flexibility index (Phi) is 6.55. The van der Waals surface area contributed by atoms with Gasteiger partial charge in [-0.05, 0) is 44.2 Å². The number of hydrogen-bond donors (Lipinski definition) is 2. The van der Waals surface area contributed by atoms with Crippen molar-refractivity contribution in [2.24, 2.45) is 5.92 Å². The number of nitrogens with zero attached hydrogens (tertiary/aromatic N) is 4. The minimum atomic E-state index is -1.88. The highest BCUT2D eigenvalue weighted by Crippen LogP contribution is 2.33. The molecule has 0 aromatic carbocycles. The van der Waals surface area contributed by atoms with Crippen LogP contribution in [0.2, 0.25) is 0 Å². The zero-order valence-corrected chi connectivity index (χ0v) is 18.8. The Bertz CT molecular complexity index is 1180. The first-order chi connectivity index (χ1) is 15.4. The van der Waals surface area contributed by atoms with Crippen LogP contribution in [0.25, 0.3) is 10.8 Å². The van der Waals surface area contributed by atoms with E-state index < -0.39 is 19.8 Å². The first-order valence-corrected chi connectivity index (χ1v) is 11.8. The van der Waals surface area contributed by atoms with Crippen LogP contribution >= 0.6 is 8.38 Å². The highest BCUT2D eigenvalue weighted by Gasteiger charge is 2.26. The molecule has 1 fully saturated rings. The lowest BCUT2D eigenvalue weighted by Crippen LogP contribution is -2.36. The molecule has 2 N–H and O–H groups in total. The minimum Gasteiger partial charge on any atom is -0.481 e. The summed E-state index contributed by atoms with van der Waals surface area (Å²) in [5.41, 5.74) is -0.569. The smallest absolute Gasteiger partial charge is 0.317 e. The number of methoxy groups -OCH3 is 1. The molecular weight excluding hydrogens is 435 g/mol. The number of fused-ring (bicyclic) bond motifs is 1. The molecular formula is C21H25N4O6P. The molecule has 3 aromatic heterocycles. The number of rotatable bonds is 6. The predicted molar refractivity (Wildman–Crippen MR) is 119 cm³/mol. The maximum atomic E-state index is 13.3. The van der Waals surface area contributed by atoms with E-state index >= 15 is 0 Å². The van der Waals surface area contributed by atoms with Crippen LogP contribution in [0.4, 0.5) is 5.82 Å². The van der Waals surface area contributed by atoms with E-state index in [0.717, 1.165) is 23.9 Å². The molecule has 1 aliphatic heterocycles. The van der Waals surface area contributed by atoms with Crippen LogP contribution in [0.15, 0.2) is 33.6 Å². The molecule has 0 saturated carbocycles. The van der Waals surface area contributed by atoms with Crippen LogP contribution in [0, 0.1) is 12.8 Å². The highest BCUT2D eigenvalue weighted by molar-refractivity contribution is 7.45. The SMILES string of the molecule is COc1cc2cnn(C(=O)c3ccc(C)o3)c(=O)c2c(N2CCC(CCP(O)O)CC2)n1. The van der Waals surface area contributed by atoms with Crippen molar-refractivity contribution in [2.45, 2.75) is 26.2 Å². The lowest BCUT2D eigenvalue weighted by atomic mass is 9.94. The largest absolute Gasteiger partial charge is 0.481 e. The second-order valence-electron chi connectivity index (χ2n) is 7.84. The third kappa shape index (κ3) is 4.53. The summed E-state index contributed by atoms with van der Waals surface area (Å²) in [6, 6.07) is 4.79. The summed E-state index contributed by atoms with van der Waals surface area (Å²) < 4.78 is 11.5. The second kappa shape index (κ2) is 9.36. The van der Waals surface area contributed by atoms with E-state index in [1.54, 1.807) is 19.1 Å². The number of ether oxygens (including phenoxy) is 1. The van der Waals surface area contributed by atoms with Gasteiger partial charge in [-0.2, -0.15) is 14.8 Å². The molecule has 4 rings (SSSR count). The summed E-state index contributed by atoms with van der Waals surface area (Å²) in [6.45, 7) is 3.02. The molecule has 170 valence electrons. The van der Waals surface area contributed by atoms with Gasteiger partial charge in [0, 0.05) is 30.7 Å². The van der Waals surface area contributed by atoms with E-state index in [2.05, 4.69) is 10.1 Å². The first-order valence-electron chi connectivity index (χ1n) is 10.4. The Balaban J connectivity index is 1.70. The molecule has 4 heterocycles. The Morgan fingerprint density at radius 1 is 1.31 bits per heavy atom. The van der Waals surface area contributed by atoms with Crippen molar-refractivity contribution in [1.82, 2.24) is 14.8 Å². The zero-order valence-electron chi connectivity index (χ0n) is 17.9. The van der Waals surface area contributed by atoms with Crippen LogP contribution in [0.1, 0.15) is 35.6 Å². The van der Waals surface area contributed by atoms with Crippen molar-refractivity contribution < 1.29 is 23.7 Å². The van der Waals surface area contributed by atoms with Gasteiger partial charge in [0.25, 0.3) is 5.56 Å². The number of aromatic nitrogens is 3. The van der Waals surface area contributed by atoms with Gasteiger partial charge in [0.05, 0.1) is 18.7 Å². The van der Waals surface area contributed by atoms with Gasteiger partial charge in [0.2, 0.25) is 5.88 Å². The predicted octanol–water partition coefficient (Wildman–Crippen LogP) is 2.29. The first kappa shape index (κ1) is 22.4. The molecule has 0 atom stereocenters. The van der Waals surface area contributed by atoms with Gasteiger partial charge in [-0.1, -0.05) is 0 Å². The Morgan fingerprint density at radius 2 is 2.06 bits per heavy atom. The van der Waals surface area contributed by atoms with Gasteiger partial charge in [-0.3, -0.25) is 9.59 Å². The standard InChI is InChI=1S/C21H25N4O6P/c1-13-3-4-16(31-13)20(26)25-21(27)18-15(12-22-25)11-17(30-2)23-19(18)24-8-5-14(6-9-24)7-10-32(28)29/h3-4,11-12,14,28-29H,5-10H2,1-2H3. The van der Waals surface area contributed by atoms with Gasteiger partial charge >= 0.3 is 5.91 Å². The van der Waals surface area contributed by atoms with Gasteiger partial charge in [-0.15, -0.1) is 0 Å². The lowest BCUT2D eigenvalue weighted by molar-refractivity contribution is 0.0910. The fraction of sp³-hybridized carbons (Fsp3) is 0.429. The number of pyridine rings is 1. The van der Waals surface area contributed by atoms with Crippen LogP contribution in [0.3, 0.4) is 0 Å². The molecule has 0 unspecified atom stereocenters. The van der Waals surface area contributed by atoms with E-state index in [4.69, 9.17) is 9.15 Å². The third-order valence-electron chi connectivity index (χ3n) is 5.73. The number of furan rings is 1. The number of piperidine rings is 1. The summed E-state index contributed by atoms with van der Waals surface area (Å²) in [5.74, 6) is 1.14. The van der Waals surface area contributed by atoms with Crippen LogP contribution < -0.4 is 15.2 Å². The third-order valence-corrected chi connectivity index (χ3v) is 6.39. The Morgan fingerprint density at radius 3 is 2.69 bits per heavy atom. The van der Waals surface area contributed by atoms with Gasteiger partial charge in [0.15, 0.2) is 14.1 Å². The summed E-state index contributed by atoms with van der Waals surface area (Å²) in [4.78, 5) is 51.1. The fourth-order valence-corrected chi connectivity index (χ4v) is 4.59. The van der Waals surface area contributed by atoms with E-state index in [1.165, 1.54) is 19.4 Å². The highest BCUT2D eigenvalue weighted by atomic mass is 31.2. The number of hydrogen-bond acceptors (Lipinski definition) is 9. The molecule has 0 spiro atoms. The molecule has 0 amide bonds. The molecule has 1 aliphatic rings. The molecule has 0 bridgehead atoms. The zero-order chi connectivity index (χ0) is 22.8. The van der Waals surface area contributed by atoms with Crippen LogP contribution in [-0.4, -0.2) is 56.8 Å². The van der Waals surface area contributed by atoms with Crippen molar-refractivity contribution in [3.63, 3.8) is 0 Å². The normalized spacial score (nSPS) is 15.0. The van der Waals surface area contributed by atoms with E-state index in [9.17, 15) is 19.4 Å². The number of anilines is 1. The molecule has 10 nitrogen and oxygen atoms in total. The summed E-state index contributed by atoms with van der Waals surface area (Å²) in [7, 11) is -0.372. The van der Waals surface area contributed by atoms with Crippen molar-refractivity contribution in [1.29, 1.82) is 0 Å². The number of aryl methyl sites for hydroxylation is 1. The Hall–Kier alpha value is -2.81. The van der Waals surface area contributed by atoms with Crippen molar-refractivity contribution >= 4 is 30.9 Å². The maximum absolute atomic E-state index is 13.3. The van der Waals surface area contributed by atoms with Gasteiger partial charge in [0.1, 0.15) is 11.6 Å². The summed E-state index contributed by atoms with van der Waals surface area (Å²) >= 11 is 0. The molecule has 11 heteroatoms. The molecule has 32 heavy (non-hydrogen) atoms. The van der Waals surface area contributed by atoms with Crippen molar-refractivity contribution in [3.8, 4) is 5.88 Å². The monoisotopic (exact) mass is 460 g/mol. The summed E-state index contributed by atoms with van der Waals surface area (Å²) in [5, 5.41) is 4.88. The fourth-order valence-electron chi connectivity index (χ4n) is 3.99. The maximum Gasteiger partial charge on any atom is 0.317 e.